The molecule has 0 saturated carbocycles. The van der Waals surface area contributed by atoms with Crippen molar-refractivity contribution in [1.29, 1.82) is 0 Å². The van der Waals surface area contributed by atoms with Crippen LogP contribution in [0.3, 0.4) is 0 Å². The minimum Gasteiger partial charge on any atom is -0.497 e. The van der Waals surface area contributed by atoms with Crippen LogP contribution in [0, 0.1) is 0 Å². The molecule has 1 unspecified atom stereocenters. The third-order valence-corrected chi connectivity index (χ3v) is 4.83. The molecule has 1 N–H and O–H groups in total. The predicted molar refractivity (Wildman–Crippen MR) is 106 cm³/mol. The van der Waals surface area contributed by atoms with E-state index >= 15 is 0 Å². The van der Waals surface area contributed by atoms with Gasteiger partial charge in [-0.05, 0) is 52.4 Å². The van der Waals surface area contributed by atoms with E-state index in [1.54, 1.807) is 13.3 Å². The third kappa shape index (κ3) is 3.53. The van der Waals surface area contributed by atoms with Crippen molar-refractivity contribution in [3.05, 3.63) is 89.8 Å². The predicted octanol–water partition coefficient (Wildman–Crippen LogP) is 4.66. The molecule has 0 aliphatic carbocycles. The van der Waals surface area contributed by atoms with Crippen molar-refractivity contribution in [3.8, 4) is 16.9 Å². The first-order valence-corrected chi connectivity index (χ1v) is 8.92. The number of ether oxygens (including phenoxy) is 1. The molecule has 0 spiro atoms. The van der Waals surface area contributed by atoms with Crippen molar-refractivity contribution in [1.82, 2.24) is 10.3 Å². The van der Waals surface area contributed by atoms with Crippen LogP contribution in [0.15, 0.2) is 73.1 Å². The van der Waals surface area contributed by atoms with E-state index in [4.69, 9.17) is 4.74 Å². The molecule has 1 aliphatic heterocycles. The van der Waals surface area contributed by atoms with E-state index in [-0.39, 0.29) is 6.04 Å². The second-order valence-electron chi connectivity index (χ2n) is 6.47. The van der Waals surface area contributed by atoms with Gasteiger partial charge in [-0.2, -0.15) is 0 Å². The molecular formula is C23H22N2O. The monoisotopic (exact) mass is 342 g/mol. The molecule has 3 heteroatoms. The Hall–Kier alpha value is -2.91. The van der Waals surface area contributed by atoms with Crippen LogP contribution in [0.4, 0.5) is 0 Å². The van der Waals surface area contributed by atoms with Crippen LogP contribution >= 0.6 is 0 Å². The summed E-state index contributed by atoms with van der Waals surface area (Å²) < 4.78 is 5.39. The summed E-state index contributed by atoms with van der Waals surface area (Å²) in [4.78, 5) is 4.18. The lowest BCUT2D eigenvalue weighted by atomic mass is 9.93. The fourth-order valence-electron chi connectivity index (χ4n) is 3.39. The van der Waals surface area contributed by atoms with Gasteiger partial charge in [0.05, 0.1) is 13.2 Å². The molecule has 1 atom stereocenters. The van der Waals surface area contributed by atoms with Gasteiger partial charge >= 0.3 is 0 Å². The quantitative estimate of drug-likeness (QED) is 0.749. The van der Waals surface area contributed by atoms with Crippen LogP contribution in [-0.4, -0.2) is 18.6 Å². The minimum atomic E-state index is 0.215. The normalized spacial score (nSPS) is 16.4. The molecule has 0 radical (unpaired) electrons. The Bertz CT molecular complexity index is 901. The topological polar surface area (TPSA) is 34.1 Å². The van der Waals surface area contributed by atoms with Crippen molar-refractivity contribution in [2.24, 2.45) is 0 Å². The number of nitrogens with one attached hydrogen (secondary N) is 1. The maximum atomic E-state index is 5.39. The maximum absolute atomic E-state index is 5.39. The first-order valence-electron chi connectivity index (χ1n) is 8.92. The molecule has 0 saturated heterocycles. The molecule has 26 heavy (non-hydrogen) atoms. The number of hydrogen-bond donors (Lipinski definition) is 1. The van der Waals surface area contributed by atoms with Crippen LogP contribution in [0.2, 0.25) is 0 Å². The first-order chi connectivity index (χ1) is 12.8. The SMILES string of the molecule is COc1ccc2c(c1)C(/C=C/c1ccc(-c3cccnc3)cc1)NCC2. The van der Waals surface area contributed by atoms with E-state index in [1.165, 1.54) is 22.3 Å². The van der Waals surface area contributed by atoms with Gasteiger partial charge in [-0.25, -0.2) is 0 Å². The number of pyridine rings is 1. The Morgan fingerprint density at radius 1 is 1.08 bits per heavy atom. The Labute approximate surface area is 154 Å². The van der Waals surface area contributed by atoms with Gasteiger partial charge in [0, 0.05) is 18.9 Å². The van der Waals surface area contributed by atoms with Gasteiger partial charge in [0.15, 0.2) is 0 Å². The highest BCUT2D eigenvalue weighted by Gasteiger charge is 2.17. The second kappa shape index (κ2) is 7.54. The number of methoxy groups -OCH3 is 1. The minimum absolute atomic E-state index is 0.215. The summed E-state index contributed by atoms with van der Waals surface area (Å²) in [5, 5.41) is 3.58. The Balaban J connectivity index is 1.54. The number of hydrogen-bond acceptors (Lipinski definition) is 3. The fourth-order valence-corrected chi connectivity index (χ4v) is 3.39. The Kier molecular flexibility index (Phi) is 4.80. The van der Waals surface area contributed by atoms with Crippen LogP contribution in [0.25, 0.3) is 17.2 Å². The third-order valence-electron chi connectivity index (χ3n) is 4.83. The highest BCUT2D eigenvalue weighted by molar-refractivity contribution is 5.65. The van der Waals surface area contributed by atoms with E-state index < -0.39 is 0 Å². The number of fused-ring (bicyclic) bond motifs is 1. The standard InChI is InChI=1S/C23H22N2O/c1-26-21-10-9-19-12-14-25-23(22(19)15-21)11-6-17-4-7-18(8-5-17)20-3-2-13-24-16-20/h2-11,13,15-16,23,25H,12,14H2,1H3/b11-6+. The van der Waals surface area contributed by atoms with Crippen LogP contribution in [0.5, 0.6) is 5.75 Å². The highest BCUT2D eigenvalue weighted by Crippen LogP contribution is 2.28. The van der Waals surface area contributed by atoms with Crippen molar-refractivity contribution in [2.45, 2.75) is 12.5 Å². The van der Waals surface area contributed by atoms with Crippen LogP contribution in [-0.2, 0) is 6.42 Å². The largest absolute Gasteiger partial charge is 0.497 e. The summed E-state index contributed by atoms with van der Waals surface area (Å²) in [7, 11) is 1.71. The van der Waals surface area contributed by atoms with Crippen molar-refractivity contribution < 1.29 is 4.74 Å². The molecule has 3 aromatic rings. The van der Waals surface area contributed by atoms with E-state index in [2.05, 4.69) is 64.9 Å². The van der Waals surface area contributed by atoms with Crippen molar-refractivity contribution in [2.75, 3.05) is 13.7 Å². The number of aromatic nitrogens is 1. The lowest BCUT2D eigenvalue weighted by Gasteiger charge is -2.25. The zero-order valence-corrected chi connectivity index (χ0v) is 14.9. The Morgan fingerprint density at radius 3 is 2.73 bits per heavy atom. The van der Waals surface area contributed by atoms with Crippen molar-refractivity contribution in [3.63, 3.8) is 0 Å². The molecular weight excluding hydrogens is 320 g/mol. The van der Waals surface area contributed by atoms with Crippen molar-refractivity contribution >= 4 is 6.08 Å². The van der Waals surface area contributed by atoms with E-state index in [0.29, 0.717) is 0 Å². The second-order valence-corrected chi connectivity index (χ2v) is 6.47. The first kappa shape index (κ1) is 16.6. The maximum Gasteiger partial charge on any atom is 0.119 e. The number of benzene rings is 2. The molecule has 0 fully saturated rings. The van der Waals surface area contributed by atoms with Gasteiger partial charge in [0.1, 0.15) is 5.75 Å². The molecule has 130 valence electrons. The molecule has 3 nitrogen and oxygen atoms in total. The number of nitrogens with zero attached hydrogens (tertiary/aromatic N) is 1. The van der Waals surface area contributed by atoms with Gasteiger partial charge in [-0.3, -0.25) is 4.98 Å². The molecule has 1 aromatic heterocycles. The average Bonchev–Trinajstić information content (AvgIpc) is 2.73. The lowest BCUT2D eigenvalue weighted by molar-refractivity contribution is 0.412. The number of rotatable bonds is 4. The molecule has 1 aliphatic rings. The van der Waals surface area contributed by atoms with E-state index in [0.717, 1.165) is 24.3 Å². The fraction of sp³-hybridized carbons (Fsp3) is 0.174. The van der Waals surface area contributed by atoms with Gasteiger partial charge in [-0.15, -0.1) is 0 Å². The molecule has 2 heterocycles. The summed E-state index contributed by atoms with van der Waals surface area (Å²) in [5.41, 5.74) is 6.21. The van der Waals surface area contributed by atoms with Gasteiger partial charge < -0.3 is 10.1 Å². The molecule has 0 bridgehead atoms. The van der Waals surface area contributed by atoms with E-state index in [1.807, 2.05) is 18.3 Å². The zero-order valence-electron chi connectivity index (χ0n) is 14.9. The molecule has 4 rings (SSSR count). The van der Waals surface area contributed by atoms with Gasteiger partial charge in [0.2, 0.25) is 0 Å². The Morgan fingerprint density at radius 2 is 1.96 bits per heavy atom. The summed E-state index contributed by atoms with van der Waals surface area (Å²) >= 11 is 0. The van der Waals surface area contributed by atoms with Crippen LogP contribution < -0.4 is 10.1 Å². The highest BCUT2D eigenvalue weighted by atomic mass is 16.5. The summed E-state index contributed by atoms with van der Waals surface area (Å²) in [6, 6.07) is 19.2. The summed E-state index contributed by atoms with van der Waals surface area (Å²) in [5.74, 6) is 0.909. The summed E-state index contributed by atoms with van der Waals surface area (Å²) in [6.07, 6.45) is 9.16. The van der Waals surface area contributed by atoms with Crippen LogP contribution in [0.1, 0.15) is 22.7 Å². The van der Waals surface area contributed by atoms with E-state index in [9.17, 15) is 0 Å². The zero-order chi connectivity index (χ0) is 17.8. The summed E-state index contributed by atoms with van der Waals surface area (Å²) in [6.45, 7) is 0.994. The van der Waals surface area contributed by atoms with Gasteiger partial charge in [0.25, 0.3) is 0 Å². The lowest BCUT2D eigenvalue weighted by Crippen LogP contribution is -2.28. The molecule has 0 amide bonds. The smallest absolute Gasteiger partial charge is 0.119 e. The van der Waals surface area contributed by atoms with Gasteiger partial charge in [-0.1, -0.05) is 48.6 Å². The molecule has 2 aromatic carbocycles. The average molecular weight is 342 g/mol.